The number of ether oxygens (including phenoxy) is 1. The van der Waals surface area contributed by atoms with Crippen molar-refractivity contribution in [1.82, 2.24) is 10.3 Å². The Morgan fingerprint density at radius 1 is 1.26 bits per heavy atom. The molecule has 0 radical (unpaired) electrons. The highest BCUT2D eigenvalue weighted by atomic mass is 16.5. The highest BCUT2D eigenvalue weighted by Crippen LogP contribution is 2.17. The van der Waals surface area contributed by atoms with Crippen molar-refractivity contribution < 1.29 is 9.53 Å². The van der Waals surface area contributed by atoms with Crippen molar-refractivity contribution in [3.05, 3.63) is 53.9 Å². The number of anilines is 1. The number of amides is 1. The maximum atomic E-state index is 12.3. The molecule has 0 aliphatic rings. The third-order valence-electron chi connectivity index (χ3n) is 3.48. The van der Waals surface area contributed by atoms with Crippen LogP contribution in [0.15, 0.2) is 42.6 Å². The number of unbranched alkanes of at least 4 members (excludes halogenated alkanes) is 1. The molecule has 0 bridgehead atoms. The predicted octanol–water partition coefficient (Wildman–Crippen LogP) is 3.23. The van der Waals surface area contributed by atoms with Gasteiger partial charge in [-0.1, -0.05) is 31.5 Å². The maximum Gasteiger partial charge on any atom is 0.270 e. The Morgan fingerprint density at radius 2 is 2.09 bits per heavy atom. The predicted molar refractivity (Wildman–Crippen MR) is 91.8 cm³/mol. The van der Waals surface area contributed by atoms with E-state index in [0.29, 0.717) is 12.2 Å². The molecule has 5 heteroatoms. The van der Waals surface area contributed by atoms with Crippen LogP contribution < -0.4 is 15.4 Å². The molecule has 0 spiro atoms. The topological polar surface area (TPSA) is 63.2 Å². The number of carbonyl (C=O) groups is 1. The smallest absolute Gasteiger partial charge is 0.270 e. The molecule has 2 N–H and O–H groups in total. The van der Waals surface area contributed by atoms with E-state index in [1.165, 1.54) is 0 Å². The lowest BCUT2D eigenvalue weighted by molar-refractivity contribution is 0.0945. The standard InChI is InChI=1S/C18H23N3O2/c1-3-4-10-19-15-9-11-20-16(12-15)18(22)21-13-14-7-5-6-8-17(14)23-2/h5-9,11-12H,3-4,10,13H2,1-2H3,(H,19,20)(H,21,22). The zero-order chi connectivity index (χ0) is 16.5. The Balaban J connectivity index is 1.96. The fourth-order valence-corrected chi connectivity index (χ4v) is 2.19. The number of aromatic nitrogens is 1. The first kappa shape index (κ1) is 16.8. The van der Waals surface area contributed by atoms with Gasteiger partial charge in [0.15, 0.2) is 0 Å². The molecule has 0 atom stereocenters. The molecule has 0 fully saturated rings. The molecule has 2 rings (SSSR count). The van der Waals surface area contributed by atoms with Gasteiger partial charge < -0.3 is 15.4 Å². The van der Waals surface area contributed by atoms with Crippen molar-refractivity contribution in [2.75, 3.05) is 19.0 Å². The van der Waals surface area contributed by atoms with E-state index in [4.69, 9.17) is 4.74 Å². The summed E-state index contributed by atoms with van der Waals surface area (Å²) in [5.41, 5.74) is 2.25. The largest absolute Gasteiger partial charge is 0.496 e. The molecule has 2 aromatic rings. The van der Waals surface area contributed by atoms with E-state index in [2.05, 4.69) is 22.5 Å². The van der Waals surface area contributed by atoms with Crippen LogP contribution in [0.5, 0.6) is 5.75 Å². The number of hydrogen-bond donors (Lipinski definition) is 2. The monoisotopic (exact) mass is 313 g/mol. The molecule has 23 heavy (non-hydrogen) atoms. The molecule has 0 aliphatic heterocycles. The van der Waals surface area contributed by atoms with Crippen LogP contribution in [0.3, 0.4) is 0 Å². The van der Waals surface area contributed by atoms with Crippen molar-refractivity contribution in [2.24, 2.45) is 0 Å². The van der Waals surface area contributed by atoms with Crippen LogP contribution in [0.4, 0.5) is 5.69 Å². The van der Waals surface area contributed by atoms with Gasteiger partial charge in [0, 0.05) is 30.5 Å². The summed E-state index contributed by atoms with van der Waals surface area (Å²) >= 11 is 0. The zero-order valence-electron chi connectivity index (χ0n) is 13.6. The normalized spacial score (nSPS) is 10.2. The van der Waals surface area contributed by atoms with Crippen LogP contribution in [0, 0.1) is 0 Å². The van der Waals surface area contributed by atoms with Crippen LogP contribution in [0.25, 0.3) is 0 Å². The van der Waals surface area contributed by atoms with Gasteiger partial charge in [0.05, 0.1) is 7.11 Å². The van der Waals surface area contributed by atoms with Gasteiger partial charge in [-0.3, -0.25) is 9.78 Å². The molecule has 0 unspecified atom stereocenters. The van der Waals surface area contributed by atoms with Crippen LogP contribution in [-0.2, 0) is 6.54 Å². The highest BCUT2D eigenvalue weighted by Gasteiger charge is 2.09. The molecule has 1 amide bonds. The third-order valence-corrected chi connectivity index (χ3v) is 3.48. The number of methoxy groups -OCH3 is 1. The van der Waals surface area contributed by atoms with E-state index in [1.807, 2.05) is 30.3 Å². The first-order chi connectivity index (χ1) is 11.2. The van der Waals surface area contributed by atoms with Gasteiger partial charge in [0.2, 0.25) is 0 Å². The summed E-state index contributed by atoms with van der Waals surface area (Å²) in [5.74, 6) is 0.561. The van der Waals surface area contributed by atoms with E-state index in [0.717, 1.165) is 36.4 Å². The molecular weight excluding hydrogens is 290 g/mol. The van der Waals surface area contributed by atoms with Crippen molar-refractivity contribution in [1.29, 1.82) is 0 Å². The van der Waals surface area contributed by atoms with Crippen LogP contribution in [-0.4, -0.2) is 24.5 Å². The first-order valence-electron chi connectivity index (χ1n) is 7.84. The lowest BCUT2D eigenvalue weighted by atomic mass is 10.2. The SMILES string of the molecule is CCCCNc1ccnc(C(=O)NCc2ccccc2OC)c1. The van der Waals surface area contributed by atoms with Gasteiger partial charge >= 0.3 is 0 Å². The van der Waals surface area contributed by atoms with E-state index >= 15 is 0 Å². The number of carbonyl (C=O) groups excluding carboxylic acids is 1. The van der Waals surface area contributed by atoms with Gasteiger partial charge in [-0.25, -0.2) is 0 Å². The fourth-order valence-electron chi connectivity index (χ4n) is 2.19. The Labute approximate surface area is 137 Å². The summed E-state index contributed by atoms with van der Waals surface area (Å²) in [6.45, 7) is 3.44. The van der Waals surface area contributed by atoms with Crippen molar-refractivity contribution in [3.8, 4) is 5.75 Å². The Kier molecular flexibility index (Phi) is 6.41. The lowest BCUT2D eigenvalue weighted by Gasteiger charge is -2.10. The summed E-state index contributed by atoms with van der Waals surface area (Å²) in [4.78, 5) is 16.4. The second kappa shape index (κ2) is 8.78. The molecule has 0 aliphatic carbocycles. The highest BCUT2D eigenvalue weighted by molar-refractivity contribution is 5.93. The fraction of sp³-hybridized carbons (Fsp3) is 0.333. The summed E-state index contributed by atoms with van der Waals surface area (Å²) in [6.07, 6.45) is 3.87. The Bertz CT molecular complexity index is 644. The van der Waals surface area contributed by atoms with Crippen molar-refractivity contribution in [3.63, 3.8) is 0 Å². The molecule has 1 heterocycles. The van der Waals surface area contributed by atoms with Crippen LogP contribution in [0.1, 0.15) is 35.8 Å². The third kappa shape index (κ3) is 4.98. The minimum absolute atomic E-state index is 0.199. The second-order valence-corrected chi connectivity index (χ2v) is 5.20. The van der Waals surface area contributed by atoms with Gasteiger partial charge in [-0.05, 0) is 24.6 Å². The Morgan fingerprint density at radius 3 is 2.87 bits per heavy atom. The van der Waals surface area contributed by atoms with Crippen molar-refractivity contribution >= 4 is 11.6 Å². The summed E-state index contributed by atoms with van der Waals surface area (Å²) in [7, 11) is 1.62. The lowest BCUT2D eigenvalue weighted by Crippen LogP contribution is -2.24. The number of nitrogens with zero attached hydrogens (tertiary/aromatic N) is 1. The number of pyridine rings is 1. The number of nitrogens with one attached hydrogen (secondary N) is 2. The average Bonchev–Trinajstić information content (AvgIpc) is 2.60. The van der Waals surface area contributed by atoms with Crippen LogP contribution >= 0.6 is 0 Å². The minimum Gasteiger partial charge on any atom is -0.496 e. The van der Waals surface area contributed by atoms with Gasteiger partial charge in [0.25, 0.3) is 5.91 Å². The molecule has 0 saturated heterocycles. The molecular formula is C18H23N3O2. The molecule has 5 nitrogen and oxygen atoms in total. The maximum absolute atomic E-state index is 12.3. The zero-order valence-corrected chi connectivity index (χ0v) is 13.6. The molecule has 1 aromatic heterocycles. The molecule has 122 valence electrons. The number of para-hydroxylation sites is 1. The quantitative estimate of drug-likeness (QED) is 0.734. The summed E-state index contributed by atoms with van der Waals surface area (Å²) < 4.78 is 5.28. The summed E-state index contributed by atoms with van der Waals surface area (Å²) in [6, 6.07) is 11.3. The van der Waals surface area contributed by atoms with Gasteiger partial charge in [-0.15, -0.1) is 0 Å². The molecule has 0 saturated carbocycles. The number of benzene rings is 1. The summed E-state index contributed by atoms with van der Waals surface area (Å²) in [5, 5.41) is 6.17. The second-order valence-electron chi connectivity index (χ2n) is 5.20. The van der Waals surface area contributed by atoms with Gasteiger partial charge in [0.1, 0.15) is 11.4 Å². The van der Waals surface area contributed by atoms with Crippen molar-refractivity contribution in [2.45, 2.75) is 26.3 Å². The van der Waals surface area contributed by atoms with E-state index < -0.39 is 0 Å². The average molecular weight is 313 g/mol. The van der Waals surface area contributed by atoms with Crippen LogP contribution in [0.2, 0.25) is 0 Å². The Hall–Kier alpha value is -2.56. The molecule has 1 aromatic carbocycles. The number of hydrogen-bond acceptors (Lipinski definition) is 4. The van der Waals surface area contributed by atoms with E-state index in [1.54, 1.807) is 19.4 Å². The number of rotatable bonds is 8. The van der Waals surface area contributed by atoms with E-state index in [9.17, 15) is 4.79 Å². The first-order valence-corrected chi connectivity index (χ1v) is 7.84. The van der Waals surface area contributed by atoms with Gasteiger partial charge in [-0.2, -0.15) is 0 Å². The van der Waals surface area contributed by atoms with E-state index in [-0.39, 0.29) is 5.91 Å². The minimum atomic E-state index is -0.199.